The zero-order chi connectivity index (χ0) is 14.5. The van der Waals surface area contributed by atoms with Gasteiger partial charge in [0.25, 0.3) is 5.91 Å². The maximum absolute atomic E-state index is 12.1. The third kappa shape index (κ3) is 4.20. The van der Waals surface area contributed by atoms with Crippen molar-refractivity contribution in [1.82, 2.24) is 10.6 Å². The van der Waals surface area contributed by atoms with Gasteiger partial charge in [0, 0.05) is 20.6 Å². The van der Waals surface area contributed by atoms with Crippen molar-refractivity contribution in [2.45, 2.75) is 25.3 Å². The molecule has 20 heavy (non-hydrogen) atoms. The number of rotatable bonds is 5. The minimum Gasteiger partial charge on any atom is -0.359 e. The second-order valence-corrected chi connectivity index (χ2v) is 7.06. The molecule has 1 amide bonds. The Labute approximate surface area is 137 Å². The number of amides is 1. The first-order valence-corrected chi connectivity index (χ1v) is 8.71. The van der Waals surface area contributed by atoms with E-state index >= 15 is 0 Å². The summed E-state index contributed by atoms with van der Waals surface area (Å²) in [5, 5.41) is 6.29. The number of hydrogen-bond donors (Lipinski definition) is 3. The molecule has 0 saturated heterocycles. The van der Waals surface area contributed by atoms with Crippen molar-refractivity contribution in [2.75, 3.05) is 5.75 Å². The van der Waals surface area contributed by atoms with Crippen LogP contribution >= 0.6 is 40.3 Å². The van der Waals surface area contributed by atoms with Gasteiger partial charge in [0.05, 0.1) is 0 Å². The van der Waals surface area contributed by atoms with Crippen LogP contribution in [-0.2, 0) is 0 Å². The highest BCUT2D eigenvalue weighted by molar-refractivity contribution is 9.10. The van der Waals surface area contributed by atoms with Crippen LogP contribution in [0.4, 0.5) is 0 Å². The van der Waals surface area contributed by atoms with E-state index in [2.05, 4.69) is 39.2 Å². The lowest BCUT2D eigenvalue weighted by molar-refractivity contribution is 0.0947. The van der Waals surface area contributed by atoms with E-state index in [0.29, 0.717) is 5.56 Å². The molecule has 6 heteroatoms. The smallest absolute Gasteiger partial charge is 0.253 e. The minimum atomic E-state index is -0.0823. The zero-order valence-corrected chi connectivity index (χ0v) is 14.4. The molecule has 1 atom stereocenters. The first-order chi connectivity index (χ1) is 9.60. The number of carbonyl (C=O) groups excluding carboxylic acids is 1. The van der Waals surface area contributed by atoms with E-state index in [-0.39, 0.29) is 11.4 Å². The Hall–Kier alpha value is -0.590. The highest BCUT2D eigenvalue weighted by atomic mass is 79.9. The highest BCUT2D eigenvalue weighted by Gasteiger charge is 2.23. The van der Waals surface area contributed by atoms with Crippen LogP contribution in [0, 0.1) is 0 Å². The van der Waals surface area contributed by atoms with Crippen molar-refractivity contribution in [3.8, 4) is 0 Å². The van der Waals surface area contributed by atoms with Crippen LogP contribution in [0.3, 0.4) is 0 Å². The number of nitrogens with one attached hydrogen (secondary N) is 2. The van der Waals surface area contributed by atoms with Crippen LogP contribution < -0.4 is 10.6 Å². The number of benzene rings is 1. The molecule has 1 aromatic rings. The number of thioether (sulfide) groups is 1. The van der Waals surface area contributed by atoms with Gasteiger partial charge >= 0.3 is 0 Å². The molecule has 0 bridgehead atoms. The van der Waals surface area contributed by atoms with Crippen LogP contribution in [-0.4, -0.2) is 17.2 Å². The van der Waals surface area contributed by atoms with Gasteiger partial charge in [-0.15, -0.1) is 0 Å². The Balaban J connectivity index is 1.89. The molecule has 3 nitrogen and oxygen atoms in total. The number of halogens is 1. The number of carbonyl (C=O) groups is 1. The predicted octanol–water partition coefficient (Wildman–Crippen LogP) is 3.74. The van der Waals surface area contributed by atoms with Gasteiger partial charge in [0.1, 0.15) is 0 Å². The van der Waals surface area contributed by atoms with E-state index in [1.807, 2.05) is 19.1 Å². The number of thiol groups is 1. The van der Waals surface area contributed by atoms with E-state index in [1.54, 1.807) is 23.9 Å². The maximum Gasteiger partial charge on any atom is 0.253 e. The van der Waals surface area contributed by atoms with Crippen molar-refractivity contribution in [2.24, 2.45) is 0 Å². The Kier molecular flexibility index (Phi) is 5.86. The predicted molar refractivity (Wildman–Crippen MR) is 91.9 cm³/mol. The fourth-order valence-electron chi connectivity index (χ4n) is 1.89. The van der Waals surface area contributed by atoms with E-state index in [0.717, 1.165) is 28.8 Å². The summed E-state index contributed by atoms with van der Waals surface area (Å²) in [6.07, 6.45) is 2.06. The van der Waals surface area contributed by atoms with E-state index in [1.165, 1.54) is 4.91 Å². The third-order valence-electron chi connectivity index (χ3n) is 2.96. The number of hydrogen-bond acceptors (Lipinski definition) is 4. The van der Waals surface area contributed by atoms with Gasteiger partial charge in [-0.25, -0.2) is 0 Å². The SMILES string of the molecule is CC1=C(CCCS)SC(NC(=O)c2ccc(Br)cc2)N1. The van der Waals surface area contributed by atoms with E-state index < -0.39 is 0 Å². The van der Waals surface area contributed by atoms with Crippen molar-refractivity contribution in [3.05, 3.63) is 44.9 Å². The first kappa shape index (κ1) is 15.8. The summed E-state index contributed by atoms with van der Waals surface area (Å²) in [4.78, 5) is 13.4. The second kappa shape index (κ2) is 7.43. The molecule has 2 N–H and O–H groups in total. The minimum absolute atomic E-state index is 0.0641. The Morgan fingerprint density at radius 2 is 2.15 bits per heavy atom. The summed E-state index contributed by atoms with van der Waals surface area (Å²) in [5.74, 6) is 0.818. The van der Waals surface area contributed by atoms with Crippen molar-refractivity contribution < 1.29 is 4.79 Å². The normalized spacial score (nSPS) is 18.1. The first-order valence-electron chi connectivity index (χ1n) is 6.40. The van der Waals surface area contributed by atoms with Gasteiger partial charge in [-0.3, -0.25) is 4.79 Å². The van der Waals surface area contributed by atoms with E-state index in [4.69, 9.17) is 0 Å². The molecule has 1 unspecified atom stereocenters. The molecule has 1 aliphatic rings. The molecular weight excluding hydrogens is 356 g/mol. The van der Waals surface area contributed by atoms with E-state index in [9.17, 15) is 4.79 Å². The molecule has 2 rings (SSSR count). The monoisotopic (exact) mass is 372 g/mol. The van der Waals surface area contributed by atoms with Crippen molar-refractivity contribution in [1.29, 1.82) is 0 Å². The lowest BCUT2D eigenvalue weighted by Gasteiger charge is -2.14. The molecule has 0 radical (unpaired) electrons. The zero-order valence-electron chi connectivity index (χ0n) is 11.1. The molecule has 1 aliphatic heterocycles. The molecule has 1 aromatic carbocycles. The van der Waals surface area contributed by atoms with Crippen LogP contribution in [0.1, 0.15) is 30.1 Å². The highest BCUT2D eigenvalue weighted by Crippen LogP contribution is 2.32. The Morgan fingerprint density at radius 1 is 1.45 bits per heavy atom. The van der Waals surface area contributed by atoms with Crippen LogP contribution in [0.25, 0.3) is 0 Å². The van der Waals surface area contributed by atoms with Gasteiger partial charge in [-0.05, 0) is 49.8 Å². The van der Waals surface area contributed by atoms with Crippen LogP contribution in [0.2, 0.25) is 0 Å². The fraction of sp³-hybridized carbons (Fsp3) is 0.357. The van der Waals surface area contributed by atoms with Gasteiger partial charge in [0.15, 0.2) is 5.50 Å². The largest absolute Gasteiger partial charge is 0.359 e. The van der Waals surface area contributed by atoms with Crippen LogP contribution in [0.15, 0.2) is 39.3 Å². The topological polar surface area (TPSA) is 41.1 Å². The average molecular weight is 373 g/mol. The summed E-state index contributed by atoms with van der Waals surface area (Å²) in [7, 11) is 0. The Morgan fingerprint density at radius 3 is 2.80 bits per heavy atom. The quantitative estimate of drug-likeness (QED) is 0.689. The fourth-order valence-corrected chi connectivity index (χ4v) is 3.50. The molecule has 0 spiro atoms. The average Bonchev–Trinajstić information content (AvgIpc) is 2.77. The molecule has 0 aliphatic carbocycles. The summed E-state index contributed by atoms with van der Waals surface area (Å²) >= 11 is 9.27. The van der Waals surface area contributed by atoms with Crippen molar-refractivity contribution >= 4 is 46.2 Å². The third-order valence-corrected chi connectivity index (χ3v) is 5.07. The lowest BCUT2D eigenvalue weighted by Crippen LogP contribution is -2.39. The molecule has 1 heterocycles. The summed E-state index contributed by atoms with van der Waals surface area (Å²) in [5.41, 5.74) is 1.73. The standard InChI is InChI=1S/C14H17BrN2OS2/c1-9-12(3-2-8-19)20-14(16-9)17-13(18)10-4-6-11(15)7-5-10/h4-7,14,16,19H,2-3,8H2,1H3,(H,17,18). The van der Waals surface area contributed by atoms with Crippen LogP contribution in [0.5, 0.6) is 0 Å². The summed E-state index contributed by atoms with van der Waals surface area (Å²) in [6.45, 7) is 2.05. The second-order valence-electron chi connectivity index (χ2n) is 4.50. The lowest BCUT2D eigenvalue weighted by atomic mass is 10.2. The summed E-state index contributed by atoms with van der Waals surface area (Å²) < 4.78 is 0.967. The van der Waals surface area contributed by atoms with Crippen molar-refractivity contribution in [3.63, 3.8) is 0 Å². The van der Waals surface area contributed by atoms with Gasteiger partial charge in [0.2, 0.25) is 0 Å². The van der Waals surface area contributed by atoms with Gasteiger partial charge in [-0.2, -0.15) is 12.6 Å². The molecule has 0 aromatic heterocycles. The molecule has 0 saturated carbocycles. The Bertz CT molecular complexity index is 516. The molecule has 108 valence electrons. The molecule has 0 fully saturated rings. The molecular formula is C14H17BrN2OS2. The van der Waals surface area contributed by atoms with Gasteiger partial charge < -0.3 is 10.6 Å². The maximum atomic E-state index is 12.1. The number of allylic oxidation sites excluding steroid dienone is 2. The van der Waals surface area contributed by atoms with Gasteiger partial charge in [-0.1, -0.05) is 27.7 Å². The summed E-state index contributed by atoms with van der Waals surface area (Å²) in [6, 6.07) is 7.35.